The molecule has 26 heavy (non-hydrogen) atoms. The summed E-state index contributed by atoms with van der Waals surface area (Å²) >= 11 is 0. The van der Waals surface area contributed by atoms with Crippen molar-refractivity contribution in [2.24, 2.45) is 0 Å². The number of halogens is 2. The highest BCUT2D eigenvalue weighted by Crippen LogP contribution is 2.47. The first-order valence-corrected chi connectivity index (χ1v) is 7.69. The maximum absolute atomic E-state index is 12.8. The summed E-state index contributed by atoms with van der Waals surface area (Å²) in [7, 11) is 0. The smallest absolute Gasteiger partial charge is 0.371 e. The van der Waals surface area contributed by atoms with E-state index in [1.54, 1.807) is 36.4 Å². The van der Waals surface area contributed by atoms with Crippen molar-refractivity contribution >= 4 is 11.9 Å². The molecule has 0 aromatic heterocycles. The summed E-state index contributed by atoms with van der Waals surface area (Å²) in [4.78, 5) is 22.7. The van der Waals surface area contributed by atoms with Crippen LogP contribution in [-0.2, 0) is 9.59 Å². The van der Waals surface area contributed by atoms with E-state index in [0.717, 1.165) is 22.3 Å². The normalized spacial score (nSPS) is 12.1. The molecule has 0 unspecified atom stereocenters. The van der Waals surface area contributed by atoms with Gasteiger partial charge < -0.3 is 9.47 Å². The molecule has 0 bridgehead atoms. The Morgan fingerprint density at radius 3 is 1.58 bits per heavy atom. The second-order valence-electron chi connectivity index (χ2n) is 5.81. The Morgan fingerprint density at radius 2 is 1.23 bits per heavy atom. The van der Waals surface area contributed by atoms with Crippen LogP contribution < -0.4 is 9.47 Å². The topological polar surface area (TPSA) is 52.6 Å². The molecule has 2 aromatic carbocycles. The van der Waals surface area contributed by atoms with Gasteiger partial charge in [0.2, 0.25) is 11.7 Å². The molecule has 0 radical (unpaired) electrons. The van der Waals surface area contributed by atoms with E-state index >= 15 is 0 Å². The zero-order valence-electron chi connectivity index (χ0n) is 13.8. The highest BCUT2D eigenvalue weighted by atomic mass is 19.1. The fourth-order valence-corrected chi connectivity index (χ4v) is 2.91. The van der Waals surface area contributed by atoms with Crippen LogP contribution in [-0.4, -0.2) is 11.9 Å². The average Bonchev–Trinajstić information content (AvgIpc) is 2.87. The Morgan fingerprint density at radius 1 is 0.846 bits per heavy atom. The van der Waals surface area contributed by atoms with E-state index < -0.39 is 23.6 Å². The van der Waals surface area contributed by atoms with Crippen LogP contribution in [0.5, 0.6) is 11.5 Å². The van der Waals surface area contributed by atoms with E-state index in [9.17, 15) is 18.4 Å². The SMILES string of the molecule is C=C(F)C(=O)Oc1ccc2c(c1)C(C)c1cc(OC(=O)C(=C)F)ccc1-2. The number of hydrogen-bond donors (Lipinski definition) is 0. The van der Waals surface area contributed by atoms with Gasteiger partial charge in [-0.1, -0.05) is 32.2 Å². The maximum atomic E-state index is 12.8. The molecule has 0 atom stereocenters. The number of rotatable bonds is 4. The predicted octanol–water partition coefficient (Wildman–Crippen LogP) is 4.60. The summed E-state index contributed by atoms with van der Waals surface area (Å²) in [5, 5.41) is 0. The van der Waals surface area contributed by atoms with Gasteiger partial charge in [-0.25, -0.2) is 9.59 Å². The summed E-state index contributed by atoms with van der Waals surface area (Å²) in [5.41, 5.74) is 3.57. The first kappa shape index (κ1) is 17.5. The molecule has 0 fully saturated rings. The molecule has 132 valence electrons. The van der Waals surface area contributed by atoms with Crippen LogP contribution in [0.3, 0.4) is 0 Å². The van der Waals surface area contributed by atoms with Crippen LogP contribution in [0.15, 0.2) is 61.2 Å². The van der Waals surface area contributed by atoms with Gasteiger partial charge in [-0.15, -0.1) is 0 Å². The summed E-state index contributed by atoms with van der Waals surface area (Å²) in [6.45, 7) is 7.72. The number of hydrogen-bond acceptors (Lipinski definition) is 4. The van der Waals surface area contributed by atoms with Crippen LogP contribution in [0, 0.1) is 0 Å². The van der Waals surface area contributed by atoms with Crippen molar-refractivity contribution in [2.45, 2.75) is 12.8 Å². The predicted molar refractivity (Wildman–Crippen MR) is 91.2 cm³/mol. The van der Waals surface area contributed by atoms with Gasteiger partial charge >= 0.3 is 11.9 Å². The van der Waals surface area contributed by atoms with Crippen molar-refractivity contribution in [3.05, 3.63) is 72.3 Å². The Kier molecular flexibility index (Phi) is 4.42. The van der Waals surface area contributed by atoms with Crippen molar-refractivity contribution in [3.63, 3.8) is 0 Å². The Hall–Kier alpha value is -3.28. The van der Waals surface area contributed by atoms with Crippen molar-refractivity contribution in [1.82, 2.24) is 0 Å². The molecule has 0 saturated heterocycles. The van der Waals surface area contributed by atoms with Crippen LogP contribution in [0.25, 0.3) is 11.1 Å². The lowest BCUT2D eigenvalue weighted by atomic mass is 9.99. The zero-order chi connectivity index (χ0) is 19.0. The van der Waals surface area contributed by atoms with Crippen LogP contribution in [0.1, 0.15) is 24.0 Å². The van der Waals surface area contributed by atoms with Crippen molar-refractivity contribution in [2.75, 3.05) is 0 Å². The van der Waals surface area contributed by atoms with Gasteiger partial charge in [0, 0.05) is 5.92 Å². The van der Waals surface area contributed by atoms with Gasteiger partial charge in [0.05, 0.1) is 0 Å². The van der Waals surface area contributed by atoms with E-state index in [4.69, 9.17) is 9.47 Å². The van der Waals surface area contributed by atoms with Crippen LogP contribution >= 0.6 is 0 Å². The number of fused-ring (bicyclic) bond motifs is 3. The lowest BCUT2D eigenvalue weighted by Crippen LogP contribution is -2.08. The minimum atomic E-state index is -1.18. The third-order valence-electron chi connectivity index (χ3n) is 4.13. The van der Waals surface area contributed by atoms with E-state index in [1.165, 1.54) is 0 Å². The van der Waals surface area contributed by atoms with Gasteiger partial charge in [0.15, 0.2) is 0 Å². The molecule has 3 rings (SSSR count). The van der Waals surface area contributed by atoms with Gasteiger partial charge in [-0.3, -0.25) is 0 Å². The number of esters is 2. The number of benzene rings is 2. The summed E-state index contributed by atoms with van der Waals surface area (Å²) < 4.78 is 35.5. The highest BCUT2D eigenvalue weighted by Gasteiger charge is 2.27. The molecule has 1 aliphatic carbocycles. The minimum Gasteiger partial charge on any atom is -0.421 e. The summed E-state index contributed by atoms with van der Waals surface area (Å²) in [6, 6.07) is 9.93. The quantitative estimate of drug-likeness (QED) is 0.457. The Labute approximate surface area is 148 Å². The number of ether oxygens (including phenoxy) is 2. The first-order chi connectivity index (χ1) is 12.3. The molecule has 0 aliphatic heterocycles. The third-order valence-corrected chi connectivity index (χ3v) is 4.13. The summed E-state index contributed by atoms with van der Waals surface area (Å²) in [5.74, 6) is -4.34. The van der Waals surface area contributed by atoms with Crippen molar-refractivity contribution in [3.8, 4) is 22.6 Å². The van der Waals surface area contributed by atoms with Gasteiger partial charge in [-0.05, 0) is 46.5 Å². The second kappa shape index (κ2) is 6.55. The average molecular weight is 356 g/mol. The van der Waals surface area contributed by atoms with Crippen LogP contribution in [0.2, 0.25) is 0 Å². The lowest BCUT2D eigenvalue weighted by molar-refractivity contribution is -0.132. The number of carbonyl (C=O) groups is 2. The van der Waals surface area contributed by atoms with E-state index in [1.807, 2.05) is 6.92 Å². The number of carbonyl (C=O) groups excluding carboxylic acids is 2. The molecule has 0 spiro atoms. The standard InChI is InChI=1S/C20H14F2O4/c1-10-17-8-13(25-19(23)11(2)21)4-6-15(17)16-7-5-14(9-18(10)16)26-20(24)12(3)22/h4-10H,2-3H2,1H3. The first-order valence-electron chi connectivity index (χ1n) is 7.69. The highest BCUT2D eigenvalue weighted by molar-refractivity contribution is 5.88. The summed E-state index contributed by atoms with van der Waals surface area (Å²) in [6.07, 6.45) is 0. The van der Waals surface area contributed by atoms with Gasteiger partial charge in [0.25, 0.3) is 0 Å². The van der Waals surface area contributed by atoms with E-state index in [2.05, 4.69) is 13.2 Å². The van der Waals surface area contributed by atoms with Crippen LogP contribution in [0.4, 0.5) is 8.78 Å². The van der Waals surface area contributed by atoms with Crippen molar-refractivity contribution in [1.29, 1.82) is 0 Å². The van der Waals surface area contributed by atoms with Gasteiger partial charge in [0.1, 0.15) is 11.5 Å². The minimum absolute atomic E-state index is 0.0977. The molecular formula is C20H14F2O4. The molecule has 0 heterocycles. The third kappa shape index (κ3) is 3.13. The van der Waals surface area contributed by atoms with Gasteiger partial charge in [-0.2, -0.15) is 8.78 Å². The fourth-order valence-electron chi connectivity index (χ4n) is 2.91. The molecule has 6 heteroatoms. The van der Waals surface area contributed by atoms with E-state index in [0.29, 0.717) is 0 Å². The molecule has 4 nitrogen and oxygen atoms in total. The molecule has 2 aromatic rings. The molecule has 0 saturated carbocycles. The van der Waals surface area contributed by atoms with Crippen molar-refractivity contribution < 1.29 is 27.8 Å². The maximum Gasteiger partial charge on any atom is 0.371 e. The zero-order valence-corrected chi connectivity index (χ0v) is 13.8. The van der Waals surface area contributed by atoms with E-state index in [-0.39, 0.29) is 17.4 Å². The molecule has 0 N–H and O–H groups in total. The fraction of sp³-hybridized carbons (Fsp3) is 0.100. The second-order valence-corrected chi connectivity index (χ2v) is 5.81. The lowest BCUT2D eigenvalue weighted by Gasteiger charge is -2.09. The Bertz CT molecular complexity index is 885. The monoisotopic (exact) mass is 356 g/mol. The Balaban J connectivity index is 1.91. The molecule has 1 aliphatic rings. The largest absolute Gasteiger partial charge is 0.421 e. The molecular weight excluding hydrogens is 342 g/mol. The molecule has 0 amide bonds.